The highest BCUT2D eigenvalue weighted by molar-refractivity contribution is 5.20. The van der Waals surface area contributed by atoms with Crippen molar-refractivity contribution in [3.8, 4) is 0 Å². The zero-order valence-electron chi connectivity index (χ0n) is 11.2. The Bertz CT molecular complexity index is 576. The molecule has 0 bridgehead atoms. The molecular formula is C14H17F2N3. The van der Waals surface area contributed by atoms with Gasteiger partial charge < -0.3 is 9.88 Å². The Balaban J connectivity index is 2.29. The second-order valence-electron chi connectivity index (χ2n) is 5.03. The van der Waals surface area contributed by atoms with Gasteiger partial charge in [-0.15, -0.1) is 0 Å². The van der Waals surface area contributed by atoms with Crippen LogP contribution in [-0.4, -0.2) is 16.6 Å². The minimum atomic E-state index is -0.829. The van der Waals surface area contributed by atoms with Gasteiger partial charge in [0, 0.05) is 6.54 Å². The number of rotatable bonds is 4. The lowest BCUT2D eigenvalue weighted by molar-refractivity contribution is 0.413. The first kappa shape index (κ1) is 13.7. The van der Waals surface area contributed by atoms with Crippen LogP contribution in [0.1, 0.15) is 25.1 Å². The largest absolute Gasteiger partial charge is 0.328 e. The van der Waals surface area contributed by atoms with Gasteiger partial charge in [-0.25, -0.2) is 13.8 Å². The van der Waals surface area contributed by atoms with Crippen molar-refractivity contribution in [3.05, 3.63) is 53.6 Å². The van der Waals surface area contributed by atoms with Gasteiger partial charge in [0.2, 0.25) is 0 Å². The third-order valence-electron chi connectivity index (χ3n) is 3.31. The van der Waals surface area contributed by atoms with E-state index in [1.807, 2.05) is 25.5 Å². The number of hydrogen-bond donors (Lipinski definition) is 1. The Labute approximate surface area is 111 Å². The van der Waals surface area contributed by atoms with E-state index >= 15 is 0 Å². The fourth-order valence-electron chi connectivity index (χ4n) is 1.93. The average Bonchev–Trinajstić information content (AvgIpc) is 2.83. The summed E-state index contributed by atoms with van der Waals surface area (Å²) in [6.45, 7) is 4.52. The monoisotopic (exact) mass is 265 g/mol. The number of hydrogen-bond acceptors (Lipinski definition) is 2. The van der Waals surface area contributed by atoms with Gasteiger partial charge in [0.1, 0.15) is 0 Å². The highest BCUT2D eigenvalue weighted by atomic mass is 19.2. The van der Waals surface area contributed by atoms with Gasteiger partial charge in [0.25, 0.3) is 0 Å². The topological polar surface area (TPSA) is 29.9 Å². The Morgan fingerprint density at radius 3 is 2.63 bits per heavy atom. The van der Waals surface area contributed by atoms with Crippen LogP contribution in [0.4, 0.5) is 8.78 Å². The molecular weight excluding hydrogens is 248 g/mol. The van der Waals surface area contributed by atoms with Gasteiger partial charge in [-0.1, -0.05) is 6.07 Å². The van der Waals surface area contributed by atoms with Crippen LogP contribution in [0.25, 0.3) is 0 Å². The van der Waals surface area contributed by atoms with E-state index in [1.54, 1.807) is 18.6 Å². The third kappa shape index (κ3) is 2.81. The fourth-order valence-corrected chi connectivity index (χ4v) is 1.93. The normalized spacial score (nSPS) is 11.8. The highest BCUT2D eigenvalue weighted by Gasteiger charge is 2.22. The smallest absolute Gasteiger partial charge is 0.159 e. The molecule has 1 N–H and O–H groups in total. The van der Waals surface area contributed by atoms with Gasteiger partial charge in [-0.2, -0.15) is 0 Å². The molecule has 19 heavy (non-hydrogen) atoms. The van der Waals surface area contributed by atoms with Gasteiger partial charge in [0.05, 0.1) is 23.8 Å². The van der Waals surface area contributed by atoms with E-state index in [4.69, 9.17) is 0 Å². The minimum absolute atomic E-state index is 0.241. The summed E-state index contributed by atoms with van der Waals surface area (Å²) in [5.74, 6) is -1.66. The number of halogens is 2. The zero-order chi connectivity index (χ0) is 14.0. The van der Waals surface area contributed by atoms with E-state index in [0.29, 0.717) is 12.1 Å². The summed E-state index contributed by atoms with van der Waals surface area (Å²) in [4.78, 5) is 4.13. The molecule has 0 spiro atoms. The molecule has 0 aliphatic rings. The average molecular weight is 265 g/mol. The Morgan fingerprint density at radius 2 is 2.00 bits per heavy atom. The van der Waals surface area contributed by atoms with Gasteiger partial charge in [0.15, 0.2) is 11.6 Å². The van der Waals surface area contributed by atoms with Crippen LogP contribution >= 0.6 is 0 Å². The van der Waals surface area contributed by atoms with Crippen LogP contribution in [0.15, 0.2) is 30.7 Å². The second kappa shape index (κ2) is 5.09. The van der Waals surface area contributed by atoms with Crippen LogP contribution in [0, 0.1) is 11.6 Å². The molecule has 2 rings (SSSR count). The fraction of sp³-hybridized carbons (Fsp3) is 0.357. The molecule has 0 aliphatic carbocycles. The molecule has 0 saturated heterocycles. The molecule has 0 aliphatic heterocycles. The van der Waals surface area contributed by atoms with Crippen molar-refractivity contribution in [1.82, 2.24) is 14.9 Å². The molecule has 0 unspecified atom stereocenters. The quantitative estimate of drug-likeness (QED) is 0.921. The van der Waals surface area contributed by atoms with Crippen molar-refractivity contribution in [2.45, 2.75) is 25.9 Å². The number of nitrogens with one attached hydrogen (secondary N) is 1. The third-order valence-corrected chi connectivity index (χ3v) is 3.31. The number of aromatic nitrogens is 2. The maximum absolute atomic E-state index is 13.2. The van der Waals surface area contributed by atoms with Gasteiger partial charge in [-0.3, -0.25) is 0 Å². The summed E-state index contributed by atoms with van der Waals surface area (Å²) in [6.07, 6.45) is 3.46. The van der Waals surface area contributed by atoms with Crippen LogP contribution < -0.4 is 5.32 Å². The van der Waals surface area contributed by atoms with E-state index in [2.05, 4.69) is 10.3 Å². The van der Waals surface area contributed by atoms with E-state index in [0.717, 1.165) is 11.8 Å². The summed E-state index contributed by atoms with van der Waals surface area (Å²) in [7, 11) is 1.87. The molecule has 1 heterocycles. The number of imidazole rings is 1. The summed E-state index contributed by atoms with van der Waals surface area (Å²) in [5, 5.41) is 3.20. The van der Waals surface area contributed by atoms with Crippen molar-refractivity contribution in [3.63, 3.8) is 0 Å². The van der Waals surface area contributed by atoms with Crippen LogP contribution in [-0.2, 0) is 12.1 Å². The number of nitrogens with zero attached hydrogens (tertiary/aromatic N) is 2. The lowest BCUT2D eigenvalue weighted by Crippen LogP contribution is -2.35. The van der Waals surface area contributed by atoms with Crippen molar-refractivity contribution in [1.29, 1.82) is 0 Å². The molecule has 1 aromatic heterocycles. The SMILES string of the molecule is CNC(C)(C)c1cncn1Cc1ccc(F)c(F)c1. The first-order valence-electron chi connectivity index (χ1n) is 6.07. The van der Waals surface area contributed by atoms with E-state index in [9.17, 15) is 8.78 Å². The molecule has 3 nitrogen and oxygen atoms in total. The molecule has 5 heteroatoms. The minimum Gasteiger partial charge on any atom is -0.328 e. The van der Waals surface area contributed by atoms with E-state index < -0.39 is 11.6 Å². The number of benzene rings is 1. The second-order valence-corrected chi connectivity index (χ2v) is 5.03. The zero-order valence-corrected chi connectivity index (χ0v) is 11.2. The lowest BCUT2D eigenvalue weighted by Gasteiger charge is -2.25. The molecule has 0 atom stereocenters. The van der Waals surface area contributed by atoms with Crippen molar-refractivity contribution in [2.75, 3.05) is 7.05 Å². The standard InChI is InChI=1S/C14H17F2N3/c1-14(2,17-3)13-7-18-9-19(13)8-10-4-5-11(15)12(16)6-10/h4-7,9,17H,8H2,1-3H3. The van der Waals surface area contributed by atoms with Crippen LogP contribution in [0.3, 0.4) is 0 Å². The molecule has 2 aromatic rings. The van der Waals surface area contributed by atoms with Crippen molar-refractivity contribution < 1.29 is 8.78 Å². The first-order valence-corrected chi connectivity index (χ1v) is 6.07. The van der Waals surface area contributed by atoms with Crippen molar-refractivity contribution in [2.24, 2.45) is 0 Å². The van der Waals surface area contributed by atoms with Gasteiger partial charge in [-0.05, 0) is 38.6 Å². The van der Waals surface area contributed by atoms with Gasteiger partial charge >= 0.3 is 0 Å². The predicted octanol–water partition coefficient (Wildman–Crippen LogP) is 2.66. The molecule has 0 saturated carbocycles. The Morgan fingerprint density at radius 1 is 1.26 bits per heavy atom. The van der Waals surface area contributed by atoms with E-state index in [-0.39, 0.29) is 5.54 Å². The molecule has 1 aromatic carbocycles. The maximum atomic E-state index is 13.2. The molecule has 0 amide bonds. The Hall–Kier alpha value is -1.75. The lowest BCUT2D eigenvalue weighted by atomic mass is 10.0. The molecule has 102 valence electrons. The maximum Gasteiger partial charge on any atom is 0.159 e. The van der Waals surface area contributed by atoms with Crippen LogP contribution in [0.5, 0.6) is 0 Å². The summed E-state index contributed by atoms with van der Waals surface area (Å²) in [6, 6.07) is 3.94. The van der Waals surface area contributed by atoms with E-state index in [1.165, 1.54) is 6.07 Å². The van der Waals surface area contributed by atoms with Crippen molar-refractivity contribution >= 4 is 0 Å². The molecule has 0 fully saturated rings. The summed E-state index contributed by atoms with van der Waals surface area (Å²) < 4.78 is 28.0. The highest BCUT2D eigenvalue weighted by Crippen LogP contribution is 2.20. The predicted molar refractivity (Wildman–Crippen MR) is 69.8 cm³/mol. The summed E-state index contributed by atoms with van der Waals surface area (Å²) in [5.41, 5.74) is 1.44. The van der Waals surface area contributed by atoms with Crippen LogP contribution in [0.2, 0.25) is 0 Å². The first-order chi connectivity index (χ1) is 8.94. The Kier molecular flexibility index (Phi) is 3.66. The molecule has 0 radical (unpaired) electrons. The summed E-state index contributed by atoms with van der Waals surface area (Å²) >= 11 is 0.